The maximum absolute atomic E-state index is 16.0. The number of aromatic nitrogens is 3. The van der Waals surface area contributed by atoms with Gasteiger partial charge in [0.05, 0.1) is 28.9 Å². The van der Waals surface area contributed by atoms with Crippen molar-refractivity contribution in [1.29, 1.82) is 0 Å². The number of ether oxygens (including phenoxy) is 1. The van der Waals surface area contributed by atoms with Crippen LogP contribution in [0.4, 0.5) is 28.5 Å². The van der Waals surface area contributed by atoms with E-state index in [1.54, 1.807) is 0 Å². The highest BCUT2D eigenvalue weighted by Crippen LogP contribution is 2.43. The molecule has 34 heavy (non-hydrogen) atoms. The second-order valence-electron chi connectivity index (χ2n) is 8.04. The Morgan fingerprint density at radius 1 is 1.15 bits per heavy atom. The first kappa shape index (κ1) is 22.9. The highest BCUT2D eigenvalue weighted by molar-refractivity contribution is 7.22. The van der Waals surface area contributed by atoms with Crippen molar-refractivity contribution in [2.75, 3.05) is 30.8 Å². The first-order valence-electron chi connectivity index (χ1n) is 10.4. The first-order chi connectivity index (χ1) is 16.2. The molecular weight excluding hydrogens is 494 g/mol. The van der Waals surface area contributed by atoms with Crippen molar-refractivity contribution in [2.45, 2.75) is 25.2 Å². The molecular formula is C22H18ClF4N5OS. The number of rotatable bonds is 3. The van der Waals surface area contributed by atoms with Gasteiger partial charge in [-0.1, -0.05) is 22.9 Å². The Kier molecular flexibility index (Phi) is 5.64. The molecule has 0 radical (unpaired) electrons. The zero-order chi connectivity index (χ0) is 24.2. The molecule has 1 aliphatic rings. The number of methoxy groups -OCH3 is 1. The van der Waals surface area contributed by atoms with Crippen molar-refractivity contribution in [3.05, 3.63) is 34.9 Å². The number of nitrogens with zero attached hydrogens (tertiary/aromatic N) is 4. The van der Waals surface area contributed by atoms with Gasteiger partial charge < -0.3 is 15.4 Å². The molecule has 1 saturated heterocycles. The summed E-state index contributed by atoms with van der Waals surface area (Å²) >= 11 is 7.45. The minimum atomic E-state index is -2.92. The molecule has 3 heterocycles. The van der Waals surface area contributed by atoms with E-state index in [1.807, 2.05) is 0 Å². The number of benzene rings is 2. The molecule has 0 atom stereocenters. The van der Waals surface area contributed by atoms with Gasteiger partial charge in [-0.15, -0.1) is 0 Å². The fourth-order valence-electron chi connectivity index (χ4n) is 4.24. The fraction of sp³-hybridized carbons (Fsp3) is 0.318. The minimum Gasteiger partial charge on any atom is -0.467 e. The van der Waals surface area contributed by atoms with Crippen LogP contribution in [0.2, 0.25) is 5.02 Å². The molecule has 2 aromatic heterocycles. The van der Waals surface area contributed by atoms with Gasteiger partial charge in [-0.2, -0.15) is 9.97 Å². The smallest absolute Gasteiger partial charge is 0.318 e. The maximum atomic E-state index is 16.0. The third-order valence-electron chi connectivity index (χ3n) is 5.75. The van der Waals surface area contributed by atoms with Crippen LogP contribution in [0.5, 0.6) is 6.01 Å². The van der Waals surface area contributed by atoms with Crippen molar-refractivity contribution in [2.24, 2.45) is 0 Å². The van der Waals surface area contributed by atoms with Crippen LogP contribution in [0, 0.1) is 11.6 Å². The average Bonchev–Trinajstić information content (AvgIpc) is 3.09. The van der Waals surface area contributed by atoms with Gasteiger partial charge >= 0.3 is 6.01 Å². The number of thiazole rings is 1. The number of fused-ring (bicyclic) bond motifs is 2. The van der Waals surface area contributed by atoms with E-state index in [-0.39, 0.29) is 60.6 Å². The summed E-state index contributed by atoms with van der Waals surface area (Å²) in [6.07, 6.45) is 0.650. The van der Waals surface area contributed by atoms with E-state index in [9.17, 15) is 13.2 Å². The van der Waals surface area contributed by atoms with E-state index in [2.05, 4.69) is 15.0 Å². The Labute approximate surface area is 200 Å². The average molecular weight is 512 g/mol. The lowest BCUT2D eigenvalue weighted by Crippen LogP contribution is -2.36. The van der Waals surface area contributed by atoms with Crippen LogP contribution in [0.15, 0.2) is 18.2 Å². The van der Waals surface area contributed by atoms with Gasteiger partial charge in [-0.3, -0.25) is 0 Å². The van der Waals surface area contributed by atoms with Crippen LogP contribution in [-0.2, 0) is 0 Å². The first-order valence-corrected chi connectivity index (χ1v) is 11.6. The van der Waals surface area contributed by atoms with Crippen LogP contribution in [0.3, 0.4) is 0 Å². The number of anilines is 2. The Balaban J connectivity index is 1.76. The summed E-state index contributed by atoms with van der Waals surface area (Å²) in [7, 11) is 1.30. The molecule has 1 fully saturated rings. The molecule has 0 bridgehead atoms. The highest BCUT2D eigenvalue weighted by Gasteiger charge is 2.35. The van der Waals surface area contributed by atoms with Crippen molar-refractivity contribution in [3.63, 3.8) is 0 Å². The van der Waals surface area contributed by atoms with Crippen molar-refractivity contribution in [1.82, 2.24) is 15.0 Å². The molecule has 0 unspecified atom stereocenters. The van der Waals surface area contributed by atoms with Gasteiger partial charge in [-0.25, -0.2) is 22.5 Å². The molecule has 4 aromatic rings. The molecule has 178 valence electrons. The summed E-state index contributed by atoms with van der Waals surface area (Å²) in [5.74, 6) is -4.19. The molecule has 0 aliphatic carbocycles. The monoisotopic (exact) mass is 511 g/mol. The quantitative estimate of drug-likeness (QED) is 0.337. The van der Waals surface area contributed by atoms with Crippen molar-refractivity contribution in [3.8, 4) is 17.1 Å². The molecule has 0 spiro atoms. The second-order valence-corrected chi connectivity index (χ2v) is 9.47. The predicted molar refractivity (Wildman–Crippen MR) is 125 cm³/mol. The molecule has 6 nitrogen and oxygen atoms in total. The highest BCUT2D eigenvalue weighted by atomic mass is 35.5. The lowest BCUT2D eigenvalue weighted by atomic mass is 10.0. The summed E-state index contributed by atoms with van der Waals surface area (Å²) in [5, 5.41) is 0.258. The molecule has 12 heteroatoms. The zero-order valence-electron chi connectivity index (χ0n) is 17.8. The van der Waals surface area contributed by atoms with Gasteiger partial charge in [0.15, 0.2) is 10.9 Å². The molecule has 0 amide bonds. The Hall–Kier alpha value is -2.92. The van der Waals surface area contributed by atoms with Crippen molar-refractivity contribution >= 4 is 55.0 Å². The number of nitrogens with two attached hydrogens (primary N) is 1. The number of hydrogen-bond acceptors (Lipinski definition) is 7. The lowest BCUT2D eigenvalue weighted by molar-refractivity contribution is 0.00338. The van der Waals surface area contributed by atoms with Crippen molar-refractivity contribution < 1.29 is 22.3 Å². The van der Waals surface area contributed by atoms with Crippen LogP contribution in [-0.4, -0.2) is 41.1 Å². The van der Waals surface area contributed by atoms with E-state index >= 15 is 4.39 Å². The summed E-state index contributed by atoms with van der Waals surface area (Å²) in [4.78, 5) is 14.0. The third kappa shape index (κ3) is 3.86. The van der Waals surface area contributed by atoms with E-state index in [0.29, 0.717) is 19.4 Å². The molecule has 2 N–H and O–H groups in total. The van der Waals surface area contributed by atoms with Gasteiger partial charge in [0.2, 0.25) is 0 Å². The van der Waals surface area contributed by atoms with E-state index < -0.39 is 24.1 Å². The molecule has 1 aliphatic heterocycles. The second kappa shape index (κ2) is 8.38. The third-order valence-corrected chi connectivity index (χ3v) is 6.94. The Morgan fingerprint density at radius 3 is 2.71 bits per heavy atom. The summed E-state index contributed by atoms with van der Waals surface area (Å²) in [6, 6.07) is 3.80. The fourth-order valence-corrected chi connectivity index (χ4v) is 5.30. The number of hydrogen-bond donors (Lipinski definition) is 1. The van der Waals surface area contributed by atoms with Crippen LogP contribution < -0.4 is 15.4 Å². The number of halogens is 5. The maximum Gasteiger partial charge on any atom is 0.318 e. The van der Waals surface area contributed by atoms with Gasteiger partial charge in [-0.05, 0) is 31.0 Å². The number of nitrogen functional groups attached to an aromatic ring is 1. The van der Waals surface area contributed by atoms with Gasteiger partial charge in [0.1, 0.15) is 17.2 Å². The molecule has 2 aromatic carbocycles. The molecule has 0 saturated carbocycles. The standard InChI is InChI=1S/C22H18ClF4N5OS/c1-33-21-30-16-11(19(31-21)32-7-3-2-6-22(26,27)9-32)8-12(23)14(15(16)25)10-4-5-13(24)18-17(10)29-20(28)34-18/h4-5,8H,2-3,6-7,9H2,1H3,(H2,28,29). The number of alkyl halides is 2. The predicted octanol–water partition coefficient (Wildman–Crippen LogP) is 6.05. The largest absolute Gasteiger partial charge is 0.467 e. The lowest BCUT2D eigenvalue weighted by Gasteiger charge is -2.26. The van der Waals surface area contributed by atoms with E-state index in [4.69, 9.17) is 22.1 Å². The Bertz CT molecular complexity index is 1430. The zero-order valence-corrected chi connectivity index (χ0v) is 19.4. The summed E-state index contributed by atoms with van der Waals surface area (Å²) in [5.41, 5.74) is 5.94. The Morgan fingerprint density at radius 2 is 1.94 bits per heavy atom. The summed E-state index contributed by atoms with van der Waals surface area (Å²) < 4.78 is 64.3. The van der Waals surface area contributed by atoms with Gasteiger partial charge in [0.25, 0.3) is 5.92 Å². The topological polar surface area (TPSA) is 77.2 Å². The molecule has 5 rings (SSSR count). The van der Waals surface area contributed by atoms with E-state index in [0.717, 1.165) is 11.3 Å². The van der Waals surface area contributed by atoms with Gasteiger partial charge in [0, 0.05) is 29.5 Å². The van der Waals surface area contributed by atoms with E-state index in [1.165, 1.54) is 30.2 Å². The SMILES string of the molecule is COc1nc(N2CCCCC(F)(F)C2)c2cc(Cl)c(-c3ccc(F)c4sc(N)nc34)c(F)c2n1. The summed E-state index contributed by atoms with van der Waals surface area (Å²) in [6.45, 7) is -0.261. The normalized spacial score (nSPS) is 16.2. The van der Waals surface area contributed by atoms with Crippen LogP contribution in [0.25, 0.3) is 32.2 Å². The van der Waals surface area contributed by atoms with Crippen LogP contribution in [0.1, 0.15) is 19.3 Å². The minimum absolute atomic E-state index is 0.0268. The van der Waals surface area contributed by atoms with Crippen LogP contribution >= 0.6 is 22.9 Å².